The Hall–Kier alpha value is -1.95. The Morgan fingerprint density at radius 3 is 2.50 bits per heavy atom. The molecule has 24 heavy (non-hydrogen) atoms. The number of carbonyl (C=O) groups is 1. The van der Waals surface area contributed by atoms with Crippen LogP contribution in [0.3, 0.4) is 0 Å². The van der Waals surface area contributed by atoms with Crippen LogP contribution in [0.5, 0.6) is 0 Å². The molecule has 1 aliphatic carbocycles. The summed E-state index contributed by atoms with van der Waals surface area (Å²) in [5.41, 5.74) is 1.66. The van der Waals surface area contributed by atoms with Gasteiger partial charge in [-0.2, -0.15) is 5.10 Å². The number of benzene rings is 1. The van der Waals surface area contributed by atoms with Gasteiger partial charge in [0, 0.05) is 41.0 Å². The molecule has 0 bridgehead atoms. The third-order valence-electron chi connectivity index (χ3n) is 4.65. The zero-order chi connectivity index (χ0) is 16.7. The summed E-state index contributed by atoms with van der Waals surface area (Å²) in [5, 5.41) is 4.49. The Balaban J connectivity index is 1.38. The Morgan fingerprint density at radius 2 is 1.83 bits per heavy atom. The highest BCUT2D eigenvalue weighted by Gasteiger charge is 2.32. The van der Waals surface area contributed by atoms with Gasteiger partial charge in [-0.1, -0.05) is 15.9 Å². The van der Waals surface area contributed by atoms with Crippen molar-refractivity contribution in [2.75, 3.05) is 13.1 Å². The lowest BCUT2D eigenvalue weighted by atomic mass is 9.99. The minimum absolute atomic E-state index is 0.0470. The topological polar surface area (TPSA) is 55.2 Å². The van der Waals surface area contributed by atoms with Crippen molar-refractivity contribution in [1.82, 2.24) is 14.7 Å². The molecule has 4 rings (SSSR count). The van der Waals surface area contributed by atoms with Gasteiger partial charge in [0.05, 0.1) is 12.2 Å². The summed E-state index contributed by atoms with van der Waals surface area (Å²) in [6, 6.07) is 10.9. The third kappa shape index (κ3) is 3.15. The fraction of sp³-hybridized carbons (Fsp3) is 0.389. The first-order chi connectivity index (χ1) is 11.6. The lowest BCUT2D eigenvalue weighted by Crippen LogP contribution is -2.52. The van der Waals surface area contributed by atoms with Crippen LogP contribution < -0.4 is 5.56 Å². The van der Waals surface area contributed by atoms with E-state index in [9.17, 15) is 9.59 Å². The average molecular weight is 388 g/mol. The summed E-state index contributed by atoms with van der Waals surface area (Å²) in [6.45, 7) is 1.94. The van der Waals surface area contributed by atoms with Crippen molar-refractivity contribution in [3.05, 3.63) is 62.5 Å². The second-order valence-electron chi connectivity index (χ2n) is 6.64. The fourth-order valence-electron chi connectivity index (χ4n) is 3.06. The fourth-order valence-corrected chi connectivity index (χ4v) is 3.33. The molecule has 1 saturated heterocycles. The van der Waals surface area contributed by atoms with Gasteiger partial charge in [0.15, 0.2) is 0 Å². The van der Waals surface area contributed by atoms with Crippen LogP contribution in [-0.2, 0) is 6.54 Å². The van der Waals surface area contributed by atoms with Crippen LogP contribution in [0.25, 0.3) is 0 Å². The highest BCUT2D eigenvalue weighted by Crippen LogP contribution is 2.38. The number of halogens is 1. The second-order valence-corrected chi connectivity index (χ2v) is 7.55. The summed E-state index contributed by atoms with van der Waals surface area (Å²) in [5.74, 6) is 0.878. The largest absolute Gasteiger partial charge is 0.338 e. The van der Waals surface area contributed by atoms with Crippen molar-refractivity contribution in [1.29, 1.82) is 0 Å². The quantitative estimate of drug-likeness (QED) is 0.809. The highest BCUT2D eigenvalue weighted by atomic mass is 79.9. The zero-order valence-electron chi connectivity index (χ0n) is 13.2. The van der Waals surface area contributed by atoms with Gasteiger partial charge in [0.1, 0.15) is 0 Å². The van der Waals surface area contributed by atoms with Crippen molar-refractivity contribution >= 4 is 21.8 Å². The number of hydrogen-bond acceptors (Lipinski definition) is 3. The van der Waals surface area contributed by atoms with Crippen molar-refractivity contribution in [3.63, 3.8) is 0 Å². The van der Waals surface area contributed by atoms with Crippen molar-refractivity contribution in [3.8, 4) is 0 Å². The third-order valence-corrected chi connectivity index (χ3v) is 5.18. The highest BCUT2D eigenvalue weighted by molar-refractivity contribution is 9.10. The molecule has 0 unspecified atom stereocenters. The van der Waals surface area contributed by atoms with E-state index in [1.807, 2.05) is 35.2 Å². The molecule has 2 fully saturated rings. The van der Waals surface area contributed by atoms with Crippen LogP contribution >= 0.6 is 15.9 Å². The molecule has 2 heterocycles. The molecular weight excluding hydrogens is 370 g/mol. The number of aromatic nitrogens is 2. The van der Waals surface area contributed by atoms with E-state index in [0.29, 0.717) is 37.0 Å². The molecule has 1 aliphatic heterocycles. The van der Waals surface area contributed by atoms with E-state index in [1.165, 1.54) is 12.8 Å². The maximum atomic E-state index is 12.4. The molecule has 2 aliphatic rings. The number of hydrogen-bond donors (Lipinski definition) is 0. The molecule has 2 aromatic rings. The monoisotopic (exact) mass is 387 g/mol. The van der Waals surface area contributed by atoms with Crippen LogP contribution in [-0.4, -0.2) is 33.7 Å². The van der Waals surface area contributed by atoms with Gasteiger partial charge >= 0.3 is 0 Å². The zero-order valence-corrected chi connectivity index (χ0v) is 14.8. The molecular formula is C18H18BrN3O2. The van der Waals surface area contributed by atoms with E-state index < -0.39 is 0 Å². The van der Waals surface area contributed by atoms with Gasteiger partial charge < -0.3 is 4.90 Å². The summed E-state index contributed by atoms with van der Waals surface area (Å²) < 4.78 is 2.53. The first-order valence-corrected chi connectivity index (χ1v) is 9.02. The van der Waals surface area contributed by atoms with E-state index in [-0.39, 0.29) is 11.5 Å². The molecule has 1 saturated carbocycles. The van der Waals surface area contributed by atoms with Crippen LogP contribution in [0.4, 0.5) is 0 Å². The standard InChI is InChI=1S/C18H18BrN3O2/c19-15-5-3-14(4-6-15)18(24)21-9-12(10-21)11-22-17(23)8-7-16(20-22)13-1-2-13/h3-8,12-13H,1-2,9-11H2. The predicted octanol–water partition coefficient (Wildman–Crippen LogP) is 2.66. The van der Waals surface area contributed by atoms with Gasteiger partial charge in [0.2, 0.25) is 0 Å². The molecule has 6 heteroatoms. The Morgan fingerprint density at radius 1 is 1.12 bits per heavy atom. The minimum Gasteiger partial charge on any atom is -0.338 e. The van der Waals surface area contributed by atoms with Crippen LogP contribution in [0.15, 0.2) is 45.7 Å². The normalized spacial score (nSPS) is 17.6. The smallest absolute Gasteiger partial charge is 0.266 e. The summed E-state index contributed by atoms with van der Waals surface area (Å²) in [7, 11) is 0. The lowest BCUT2D eigenvalue weighted by Gasteiger charge is -2.39. The molecule has 0 radical (unpaired) electrons. The first kappa shape index (κ1) is 15.6. The number of nitrogens with zero attached hydrogens (tertiary/aromatic N) is 3. The second kappa shape index (κ2) is 6.16. The molecule has 0 N–H and O–H groups in total. The first-order valence-electron chi connectivity index (χ1n) is 8.23. The predicted molar refractivity (Wildman–Crippen MR) is 94.0 cm³/mol. The maximum absolute atomic E-state index is 12.4. The van der Waals surface area contributed by atoms with Crippen LogP contribution in [0, 0.1) is 5.92 Å². The van der Waals surface area contributed by atoms with Gasteiger partial charge in [-0.25, -0.2) is 4.68 Å². The van der Waals surface area contributed by atoms with Gasteiger partial charge in [-0.3, -0.25) is 9.59 Å². The molecule has 5 nitrogen and oxygen atoms in total. The Bertz CT molecular complexity index is 821. The van der Waals surface area contributed by atoms with Crippen LogP contribution in [0.1, 0.15) is 34.8 Å². The SMILES string of the molecule is O=C(c1ccc(Br)cc1)N1CC(Cn2nc(C3CC3)ccc2=O)C1. The van der Waals surface area contributed by atoms with Crippen LogP contribution in [0.2, 0.25) is 0 Å². The molecule has 1 amide bonds. The van der Waals surface area contributed by atoms with Gasteiger partial charge in [-0.05, 0) is 43.2 Å². The van der Waals surface area contributed by atoms with E-state index >= 15 is 0 Å². The maximum Gasteiger partial charge on any atom is 0.266 e. The summed E-state index contributed by atoms with van der Waals surface area (Å²) >= 11 is 3.37. The van der Waals surface area contributed by atoms with Crippen molar-refractivity contribution in [2.24, 2.45) is 5.92 Å². The van der Waals surface area contributed by atoms with E-state index in [0.717, 1.165) is 10.2 Å². The molecule has 1 aromatic carbocycles. The van der Waals surface area contributed by atoms with Gasteiger partial charge in [0.25, 0.3) is 11.5 Å². The molecule has 124 valence electrons. The molecule has 1 aromatic heterocycles. The van der Waals surface area contributed by atoms with Crippen molar-refractivity contribution in [2.45, 2.75) is 25.3 Å². The average Bonchev–Trinajstić information content (AvgIpc) is 3.37. The van der Waals surface area contributed by atoms with Gasteiger partial charge in [-0.15, -0.1) is 0 Å². The summed E-state index contributed by atoms with van der Waals surface area (Å²) in [4.78, 5) is 26.2. The number of likely N-dealkylation sites (tertiary alicyclic amines) is 1. The number of amides is 1. The van der Waals surface area contributed by atoms with E-state index in [4.69, 9.17) is 0 Å². The molecule has 0 spiro atoms. The van der Waals surface area contributed by atoms with E-state index in [2.05, 4.69) is 21.0 Å². The Labute approximate surface area is 148 Å². The number of rotatable bonds is 4. The molecule has 0 atom stereocenters. The van der Waals surface area contributed by atoms with Crippen molar-refractivity contribution < 1.29 is 4.79 Å². The summed E-state index contributed by atoms with van der Waals surface area (Å²) in [6.07, 6.45) is 2.34. The van der Waals surface area contributed by atoms with E-state index in [1.54, 1.807) is 10.7 Å². The number of carbonyl (C=O) groups excluding carboxylic acids is 1. The lowest BCUT2D eigenvalue weighted by molar-refractivity contribution is 0.0458. The minimum atomic E-state index is -0.0583. The Kier molecular flexibility index (Phi) is 4.00.